The average molecular weight is 343 g/mol. The second kappa shape index (κ2) is 8.44. The molecule has 0 bridgehead atoms. The lowest BCUT2D eigenvalue weighted by Crippen LogP contribution is -2.41. The summed E-state index contributed by atoms with van der Waals surface area (Å²) in [5.74, 6) is -0.467. The Balaban J connectivity index is 1.81. The molecule has 0 spiro atoms. The first-order valence-corrected chi connectivity index (χ1v) is 7.48. The molecule has 0 radical (unpaired) electrons. The zero-order chi connectivity index (χ0) is 18.2. The molecule has 8 nitrogen and oxygen atoms in total. The van der Waals surface area contributed by atoms with Crippen LogP contribution in [0.2, 0.25) is 0 Å². The quantitative estimate of drug-likeness (QED) is 0.619. The molecule has 1 atom stereocenters. The number of anilines is 1. The molecule has 0 aliphatic rings. The van der Waals surface area contributed by atoms with Crippen LogP contribution >= 0.6 is 0 Å². The molecule has 0 aromatic heterocycles. The summed E-state index contributed by atoms with van der Waals surface area (Å²) in [5, 5.41) is 15.6. The summed E-state index contributed by atoms with van der Waals surface area (Å²) in [4.78, 5) is 33.8. The first-order valence-electron chi connectivity index (χ1n) is 7.48. The van der Waals surface area contributed by atoms with E-state index in [-0.39, 0.29) is 12.3 Å². The van der Waals surface area contributed by atoms with Crippen LogP contribution in [0, 0.1) is 10.1 Å². The topological polar surface area (TPSA) is 111 Å². The lowest BCUT2D eigenvalue weighted by Gasteiger charge is -2.14. The number of nitro groups is 1. The number of amides is 2. The lowest BCUT2D eigenvalue weighted by molar-refractivity contribution is -0.384. The van der Waals surface area contributed by atoms with Crippen molar-refractivity contribution in [3.63, 3.8) is 0 Å². The molecule has 0 fully saturated rings. The Morgan fingerprint density at radius 2 is 1.76 bits per heavy atom. The molecule has 0 heterocycles. The van der Waals surface area contributed by atoms with Crippen molar-refractivity contribution in [1.82, 2.24) is 5.32 Å². The van der Waals surface area contributed by atoms with Crippen LogP contribution in [0.5, 0.6) is 0 Å². The fourth-order valence-corrected chi connectivity index (χ4v) is 1.92. The van der Waals surface area contributed by atoms with Gasteiger partial charge in [-0.3, -0.25) is 14.9 Å². The van der Waals surface area contributed by atoms with Crippen LogP contribution in [-0.2, 0) is 16.1 Å². The van der Waals surface area contributed by atoms with Crippen LogP contribution in [0.3, 0.4) is 0 Å². The molecular formula is C17H17N3O5. The highest BCUT2D eigenvalue weighted by molar-refractivity contribution is 5.96. The third-order valence-electron chi connectivity index (χ3n) is 3.29. The van der Waals surface area contributed by atoms with Gasteiger partial charge in [0.15, 0.2) is 0 Å². The van der Waals surface area contributed by atoms with E-state index in [1.165, 1.54) is 31.2 Å². The molecule has 130 valence electrons. The van der Waals surface area contributed by atoms with Gasteiger partial charge < -0.3 is 15.4 Å². The van der Waals surface area contributed by atoms with E-state index in [0.29, 0.717) is 5.69 Å². The summed E-state index contributed by atoms with van der Waals surface area (Å²) in [6, 6.07) is 13.7. The number of hydrogen-bond acceptors (Lipinski definition) is 5. The summed E-state index contributed by atoms with van der Waals surface area (Å²) >= 11 is 0. The van der Waals surface area contributed by atoms with Crippen LogP contribution in [0.15, 0.2) is 54.6 Å². The first kappa shape index (κ1) is 17.9. The number of ether oxygens (including phenoxy) is 1. The third kappa shape index (κ3) is 5.61. The normalized spacial score (nSPS) is 11.2. The minimum Gasteiger partial charge on any atom is -0.445 e. The van der Waals surface area contributed by atoms with Crippen LogP contribution in [0.4, 0.5) is 16.2 Å². The monoisotopic (exact) mass is 343 g/mol. The summed E-state index contributed by atoms with van der Waals surface area (Å²) in [5.41, 5.74) is 1.15. The number of alkyl carbamates (subject to hydrolysis) is 1. The smallest absolute Gasteiger partial charge is 0.408 e. The number of hydrogen-bond donors (Lipinski definition) is 2. The maximum Gasteiger partial charge on any atom is 0.408 e. The van der Waals surface area contributed by atoms with E-state index >= 15 is 0 Å². The van der Waals surface area contributed by atoms with Crippen molar-refractivity contribution in [1.29, 1.82) is 0 Å². The maximum atomic E-state index is 12.0. The molecule has 0 saturated heterocycles. The molecule has 25 heavy (non-hydrogen) atoms. The number of carbonyl (C=O) groups is 2. The molecule has 2 rings (SSSR count). The number of rotatable bonds is 6. The highest BCUT2D eigenvalue weighted by Gasteiger charge is 2.17. The Morgan fingerprint density at radius 3 is 2.36 bits per heavy atom. The van der Waals surface area contributed by atoms with E-state index in [1.54, 1.807) is 0 Å². The van der Waals surface area contributed by atoms with Gasteiger partial charge in [0.2, 0.25) is 5.91 Å². The molecule has 0 unspecified atom stereocenters. The summed E-state index contributed by atoms with van der Waals surface area (Å²) in [6.45, 7) is 1.61. The molecule has 0 saturated carbocycles. The van der Waals surface area contributed by atoms with Gasteiger partial charge >= 0.3 is 6.09 Å². The maximum absolute atomic E-state index is 12.0. The first-order chi connectivity index (χ1) is 12.0. The Bertz CT molecular complexity index is 747. The standard InChI is InChI=1S/C17H17N3O5/c1-12(18-17(22)25-11-13-5-3-2-4-6-13)16(21)19-14-7-9-15(10-8-14)20(23)24/h2-10,12H,11H2,1H3,(H,18,22)(H,19,21)/t12-/m0/s1. The Kier molecular flexibility index (Phi) is 6.05. The average Bonchev–Trinajstić information content (AvgIpc) is 2.61. The lowest BCUT2D eigenvalue weighted by atomic mass is 10.2. The number of nitro benzene ring substituents is 1. The van der Waals surface area contributed by atoms with Crippen molar-refractivity contribution < 1.29 is 19.2 Å². The van der Waals surface area contributed by atoms with Gasteiger partial charge in [-0.05, 0) is 24.6 Å². The van der Waals surface area contributed by atoms with E-state index in [0.717, 1.165) is 5.56 Å². The minimum absolute atomic E-state index is 0.0753. The van der Waals surface area contributed by atoms with Crippen molar-refractivity contribution >= 4 is 23.4 Å². The largest absolute Gasteiger partial charge is 0.445 e. The van der Waals surface area contributed by atoms with Crippen molar-refractivity contribution in [2.45, 2.75) is 19.6 Å². The van der Waals surface area contributed by atoms with Crippen LogP contribution in [0.25, 0.3) is 0 Å². The van der Waals surface area contributed by atoms with Gasteiger partial charge in [-0.25, -0.2) is 4.79 Å². The van der Waals surface area contributed by atoms with E-state index in [4.69, 9.17) is 4.74 Å². The summed E-state index contributed by atoms with van der Waals surface area (Å²) in [7, 11) is 0. The Morgan fingerprint density at radius 1 is 1.12 bits per heavy atom. The second-order valence-corrected chi connectivity index (χ2v) is 5.22. The predicted molar refractivity (Wildman–Crippen MR) is 91.0 cm³/mol. The SMILES string of the molecule is C[C@H](NC(=O)OCc1ccccc1)C(=O)Nc1ccc([N+](=O)[O-])cc1. The number of nitrogens with zero attached hydrogens (tertiary/aromatic N) is 1. The van der Waals surface area contributed by atoms with Crippen molar-refractivity contribution in [2.24, 2.45) is 0 Å². The van der Waals surface area contributed by atoms with Gasteiger partial charge in [-0.2, -0.15) is 0 Å². The van der Waals surface area contributed by atoms with Gasteiger partial charge in [-0.1, -0.05) is 30.3 Å². The zero-order valence-corrected chi connectivity index (χ0v) is 13.5. The molecular weight excluding hydrogens is 326 g/mol. The fraction of sp³-hybridized carbons (Fsp3) is 0.176. The minimum atomic E-state index is -0.835. The molecule has 0 aliphatic heterocycles. The van der Waals surface area contributed by atoms with Gasteiger partial charge in [-0.15, -0.1) is 0 Å². The zero-order valence-electron chi connectivity index (χ0n) is 13.5. The van der Waals surface area contributed by atoms with Crippen LogP contribution in [-0.4, -0.2) is 23.0 Å². The summed E-state index contributed by atoms with van der Waals surface area (Å²) < 4.78 is 5.04. The van der Waals surface area contributed by atoms with E-state index < -0.39 is 23.0 Å². The highest BCUT2D eigenvalue weighted by Crippen LogP contribution is 2.15. The third-order valence-corrected chi connectivity index (χ3v) is 3.29. The van der Waals surface area contributed by atoms with E-state index in [2.05, 4.69) is 10.6 Å². The van der Waals surface area contributed by atoms with Gasteiger partial charge in [0.25, 0.3) is 5.69 Å². The number of benzene rings is 2. The van der Waals surface area contributed by atoms with E-state index in [1.807, 2.05) is 30.3 Å². The Hall–Kier alpha value is -3.42. The predicted octanol–water partition coefficient (Wildman–Crippen LogP) is 2.85. The summed E-state index contributed by atoms with van der Waals surface area (Å²) in [6.07, 6.45) is -0.713. The number of nitrogens with one attached hydrogen (secondary N) is 2. The van der Waals surface area contributed by atoms with E-state index in [9.17, 15) is 19.7 Å². The second-order valence-electron chi connectivity index (χ2n) is 5.22. The number of non-ortho nitro benzene ring substituents is 1. The van der Waals surface area contributed by atoms with Crippen LogP contribution < -0.4 is 10.6 Å². The Labute approximate surface area is 144 Å². The van der Waals surface area contributed by atoms with Crippen LogP contribution in [0.1, 0.15) is 12.5 Å². The van der Waals surface area contributed by atoms with Gasteiger partial charge in [0.1, 0.15) is 12.6 Å². The van der Waals surface area contributed by atoms with Gasteiger partial charge in [0.05, 0.1) is 4.92 Å². The molecule has 2 amide bonds. The molecule has 2 aromatic rings. The highest BCUT2D eigenvalue weighted by atomic mass is 16.6. The van der Waals surface area contributed by atoms with Crippen molar-refractivity contribution in [3.05, 3.63) is 70.3 Å². The fourth-order valence-electron chi connectivity index (χ4n) is 1.92. The molecule has 2 N–H and O–H groups in total. The molecule has 2 aromatic carbocycles. The molecule has 8 heteroatoms. The number of carbonyl (C=O) groups excluding carboxylic acids is 2. The molecule has 0 aliphatic carbocycles. The van der Waals surface area contributed by atoms with Crippen molar-refractivity contribution in [2.75, 3.05) is 5.32 Å². The van der Waals surface area contributed by atoms with Gasteiger partial charge in [0, 0.05) is 17.8 Å². The van der Waals surface area contributed by atoms with Crippen molar-refractivity contribution in [3.8, 4) is 0 Å².